The zero-order chi connectivity index (χ0) is 15.5. The van der Waals surface area contributed by atoms with E-state index < -0.39 is 11.9 Å². The zero-order valence-corrected chi connectivity index (χ0v) is 17.7. The van der Waals surface area contributed by atoms with Crippen LogP contribution in [0.15, 0.2) is 24.3 Å². The molecule has 0 saturated heterocycles. The molecule has 1 aromatic rings. The monoisotopic (exact) mass is 482 g/mol. The first kappa shape index (κ1) is 21.9. The molecule has 1 aromatic carbocycles. The molecule has 0 aliphatic carbocycles. The number of benzene rings is 1. The molecule has 110 valence electrons. The van der Waals surface area contributed by atoms with Gasteiger partial charge in [-0.05, 0) is 31.2 Å². The number of carboxylic acids is 1. The van der Waals surface area contributed by atoms with Crippen LogP contribution in [0.25, 0.3) is 5.76 Å². The summed E-state index contributed by atoms with van der Waals surface area (Å²) in [6, 6.07) is 6.91. The Morgan fingerprint density at radius 1 is 1.24 bits per heavy atom. The van der Waals surface area contributed by atoms with Crippen molar-refractivity contribution < 1.29 is 56.9 Å². The van der Waals surface area contributed by atoms with Crippen molar-refractivity contribution in [2.45, 2.75) is 13.8 Å². The van der Waals surface area contributed by atoms with E-state index >= 15 is 0 Å². The summed E-state index contributed by atoms with van der Waals surface area (Å²) in [5.74, 6) is -0.612. The van der Waals surface area contributed by atoms with Gasteiger partial charge >= 0.3 is 33.6 Å². The minimum atomic E-state index is -1.08. The smallest absolute Gasteiger partial charge is 0.550 e. The third-order valence-electron chi connectivity index (χ3n) is 1.84. The van der Waals surface area contributed by atoms with Crippen LogP contribution in [0.4, 0.5) is 0 Å². The maximum atomic E-state index is 10.8. The fraction of sp³-hybridized carbons (Fsp3) is 0.286. The summed E-state index contributed by atoms with van der Waals surface area (Å²) in [6.07, 6.45) is 2.56. The number of ether oxygens (including phenoxy) is 2. The fourth-order valence-electron chi connectivity index (χ4n) is 1.15. The molecule has 0 saturated carbocycles. The molecule has 0 bridgehead atoms. The van der Waals surface area contributed by atoms with Crippen LogP contribution < -0.4 is 9.84 Å². The second-order valence-corrected chi connectivity index (χ2v) is 3.48. The molecule has 0 fully saturated rings. The van der Waals surface area contributed by atoms with Gasteiger partial charge in [0.15, 0.2) is 0 Å². The quantitative estimate of drug-likeness (QED) is 0.374. The van der Waals surface area contributed by atoms with E-state index in [1.54, 1.807) is 31.4 Å². The third-order valence-corrected chi connectivity index (χ3v) is 1.84. The Morgan fingerprint density at radius 3 is 2.05 bits per heavy atom. The Morgan fingerprint density at radius 2 is 1.71 bits per heavy atom. The maximum Gasteiger partial charge on any atom is 1.00 e. The second-order valence-electron chi connectivity index (χ2n) is 3.48. The molecule has 21 heavy (non-hydrogen) atoms. The second kappa shape index (κ2) is 12.3. The normalized spacial score (nSPS) is 9.62. The van der Waals surface area contributed by atoms with Crippen LogP contribution in [0.3, 0.4) is 0 Å². The number of hydrogen-bond donors (Lipinski definition) is 1. The first-order chi connectivity index (χ1) is 9.40. The van der Waals surface area contributed by atoms with Crippen LogP contribution >= 0.6 is 0 Å². The van der Waals surface area contributed by atoms with Crippen LogP contribution in [0.1, 0.15) is 19.4 Å². The number of carbonyl (C=O) groups excluding carboxylic acids is 2. The van der Waals surface area contributed by atoms with Gasteiger partial charge in [-0.15, -0.1) is 0 Å². The van der Waals surface area contributed by atoms with Crippen molar-refractivity contribution >= 4 is 17.7 Å². The van der Waals surface area contributed by atoms with Crippen molar-refractivity contribution in [1.29, 1.82) is 0 Å². The van der Waals surface area contributed by atoms with E-state index in [0.717, 1.165) is 6.92 Å². The average Bonchev–Trinajstić information content (AvgIpc) is 2.37. The molecular formula is C14H16HgO6. The summed E-state index contributed by atoms with van der Waals surface area (Å²) in [5, 5.41) is 17.7. The van der Waals surface area contributed by atoms with E-state index in [2.05, 4.69) is 6.08 Å². The number of rotatable bonds is 4. The molecule has 1 rings (SSSR count). The van der Waals surface area contributed by atoms with Crippen molar-refractivity contribution in [1.82, 2.24) is 0 Å². The minimum absolute atomic E-state index is 0. The van der Waals surface area contributed by atoms with Gasteiger partial charge in [-0.25, -0.2) is 0 Å². The number of esters is 1. The Bertz CT molecular complexity index is 463. The van der Waals surface area contributed by atoms with Gasteiger partial charge in [-0.2, -0.15) is 0 Å². The fourth-order valence-corrected chi connectivity index (χ4v) is 1.15. The largest absolute Gasteiger partial charge is 1.00 e. The number of aliphatic carboxylic acids is 1. The summed E-state index contributed by atoms with van der Waals surface area (Å²) < 4.78 is 9.92. The number of methoxy groups -OCH3 is 1. The van der Waals surface area contributed by atoms with Gasteiger partial charge in [0.05, 0.1) is 13.7 Å². The Kier molecular flexibility index (Phi) is 12.9. The molecule has 0 heterocycles. The average molecular weight is 481 g/mol. The van der Waals surface area contributed by atoms with Crippen LogP contribution in [0.5, 0.6) is 5.75 Å². The van der Waals surface area contributed by atoms with E-state index in [9.17, 15) is 4.79 Å². The van der Waals surface area contributed by atoms with Crippen molar-refractivity contribution in [3.8, 4) is 5.75 Å². The van der Waals surface area contributed by atoms with E-state index in [-0.39, 0.29) is 40.0 Å². The van der Waals surface area contributed by atoms with Crippen molar-refractivity contribution in [3.63, 3.8) is 0 Å². The molecule has 1 N–H and O–H groups in total. The number of aliphatic hydroxyl groups is 1. The first-order valence-electron chi connectivity index (χ1n) is 5.62. The van der Waals surface area contributed by atoms with Crippen molar-refractivity contribution in [2.75, 3.05) is 13.7 Å². The summed E-state index contributed by atoms with van der Waals surface area (Å²) >= 11 is 0. The van der Waals surface area contributed by atoms with Gasteiger partial charge < -0.3 is 24.5 Å². The van der Waals surface area contributed by atoms with Crippen LogP contribution in [0, 0.1) is 6.08 Å². The first-order valence-corrected chi connectivity index (χ1v) is 5.62. The minimum Gasteiger partial charge on any atom is -0.550 e. The van der Waals surface area contributed by atoms with E-state index in [1.165, 1.54) is 6.92 Å². The summed E-state index contributed by atoms with van der Waals surface area (Å²) in [4.78, 5) is 19.7. The molecule has 2 radical (unpaired) electrons. The van der Waals surface area contributed by atoms with E-state index in [4.69, 9.17) is 24.5 Å². The van der Waals surface area contributed by atoms with Gasteiger partial charge in [0.1, 0.15) is 11.5 Å². The number of aliphatic hydroxyl groups excluding tert-OH is 1. The number of carboxylic acid groups (broad SMARTS) is 1. The van der Waals surface area contributed by atoms with Gasteiger partial charge in [-0.3, -0.25) is 4.79 Å². The molecule has 0 amide bonds. The standard InChI is InChI=1S/C12H13O4.C2H4O2.Hg/c1-9(14)16-12(7-8-13)10-3-5-11(15-2)6-4-10;1-2(3)4;/h3-6,13H,8H2,1-2H3;1H3,(H,3,4);/q;;+1/p-1. The molecule has 0 unspecified atom stereocenters. The van der Waals surface area contributed by atoms with Gasteiger partial charge in [0.25, 0.3) is 0 Å². The molecule has 0 aliphatic rings. The maximum absolute atomic E-state index is 10.8. The Hall–Kier alpha value is -1.40. The summed E-state index contributed by atoms with van der Waals surface area (Å²) in [5.41, 5.74) is 0.657. The Balaban J connectivity index is 0. The van der Waals surface area contributed by atoms with Crippen LogP contribution in [-0.4, -0.2) is 30.8 Å². The molecule has 0 aromatic heterocycles. The van der Waals surface area contributed by atoms with Crippen molar-refractivity contribution in [2.24, 2.45) is 0 Å². The molecular weight excluding hydrogens is 465 g/mol. The van der Waals surface area contributed by atoms with Gasteiger partial charge in [0, 0.05) is 24.5 Å². The van der Waals surface area contributed by atoms with Crippen LogP contribution in [-0.2, 0) is 42.0 Å². The van der Waals surface area contributed by atoms with E-state index in [0.29, 0.717) is 11.3 Å². The predicted molar refractivity (Wildman–Crippen MR) is 69.2 cm³/mol. The molecule has 6 nitrogen and oxygen atoms in total. The SMILES string of the molecule is CC(=O)[O-].COc1ccc(C(=[C]CO)OC(C)=O)cc1.[Hg+]. The zero-order valence-electron chi connectivity index (χ0n) is 12.2. The van der Waals surface area contributed by atoms with E-state index in [1.807, 2.05) is 0 Å². The number of hydrogen-bond acceptors (Lipinski definition) is 6. The summed E-state index contributed by atoms with van der Waals surface area (Å²) in [6.45, 7) is 1.96. The molecule has 7 heteroatoms. The predicted octanol–water partition coefficient (Wildman–Crippen LogP) is 0.148. The van der Waals surface area contributed by atoms with Gasteiger partial charge in [-0.1, -0.05) is 0 Å². The Labute approximate surface area is 143 Å². The third kappa shape index (κ3) is 11.0. The topological polar surface area (TPSA) is 95.9 Å². The molecule has 0 atom stereocenters. The van der Waals surface area contributed by atoms with Crippen molar-refractivity contribution in [3.05, 3.63) is 35.9 Å². The summed E-state index contributed by atoms with van der Waals surface area (Å²) in [7, 11) is 1.57. The molecule has 0 spiro atoms. The molecule has 0 aliphatic heterocycles. The number of carbonyl (C=O) groups is 2. The van der Waals surface area contributed by atoms with Crippen LogP contribution in [0.2, 0.25) is 0 Å². The van der Waals surface area contributed by atoms with Gasteiger partial charge in [0.2, 0.25) is 0 Å².